The largest absolute Gasteiger partial charge is 0.418 e. The van der Waals surface area contributed by atoms with Crippen LogP contribution in [0, 0.1) is 6.92 Å². The van der Waals surface area contributed by atoms with Crippen LogP contribution in [0.2, 0.25) is 5.02 Å². The van der Waals surface area contributed by atoms with E-state index < -0.39 is 17.6 Å². The molecule has 0 spiro atoms. The predicted octanol–water partition coefficient (Wildman–Crippen LogP) is 3.65. The third-order valence-electron chi connectivity index (χ3n) is 3.02. The molecule has 0 bridgehead atoms. The molecule has 0 aliphatic heterocycles. The molecule has 0 atom stereocenters. The summed E-state index contributed by atoms with van der Waals surface area (Å²) in [6.07, 6.45) is -3.31. The average molecular weight is 318 g/mol. The Morgan fingerprint density at radius 1 is 1.38 bits per heavy atom. The van der Waals surface area contributed by atoms with E-state index in [0.717, 1.165) is 12.1 Å². The Morgan fingerprint density at radius 2 is 2.05 bits per heavy atom. The second-order valence-corrected chi connectivity index (χ2v) is 4.85. The fraction of sp³-hybridized carbons (Fsp3) is 0.231. The summed E-state index contributed by atoms with van der Waals surface area (Å²) in [6, 6.07) is 3.17. The number of rotatable bonds is 2. The summed E-state index contributed by atoms with van der Waals surface area (Å²) in [6.45, 7) is 1.65. The van der Waals surface area contributed by atoms with Crippen molar-refractivity contribution in [3.63, 3.8) is 0 Å². The number of anilines is 1. The molecule has 112 valence electrons. The standard InChI is InChI=1S/C13H11ClF3N3O/c1-7-9(6-18-20(7)2)12(21)19-11-4-3-8(14)5-10(11)13(15,16)17/h3-6H,1-2H3,(H,19,21). The average Bonchev–Trinajstić information content (AvgIpc) is 2.71. The zero-order valence-corrected chi connectivity index (χ0v) is 11.9. The van der Waals surface area contributed by atoms with Gasteiger partial charge in [0.2, 0.25) is 0 Å². The molecule has 2 aromatic rings. The lowest BCUT2D eigenvalue weighted by Crippen LogP contribution is -2.17. The summed E-state index contributed by atoms with van der Waals surface area (Å²) in [5.41, 5.74) is -0.583. The third kappa shape index (κ3) is 3.18. The van der Waals surface area contributed by atoms with Crippen LogP contribution in [0.3, 0.4) is 0 Å². The maximum atomic E-state index is 12.9. The van der Waals surface area contributed by atoms with Crippen molar-refractivity contribution in [3.05, 3.63) is 46.2 Å². The SMILES string of the molecule is Cc1c(C(=O)Nc2ccc(Cl)cc2C(F)(F)F)cnn1C. The van der Waals surface area contributed by atoms with Gasteiger partial charge < -0.3 is 5.32 Å². The van der Waals surface area contributed by atoms with Crippen LogP contribution in [0.15, 0.2) is 24.4 Å². The van der Waals surface area contributed by atoms with Gasteiger partial charge in [-0.3, -0.25) is 9.48 Å². The minimum absolute atomic E-state index is 0.0575. The molecule has 2 rings (SSSR count). The molecule has 0 saturated heterocycles. The van der Waals surface area contributed by atoms with Crippen molar-refractivity contribution >= 4 is 23.2 Å². The molecule has 4 nitrogen and oxygen atoms in total. The molecular weight excluding hydrogens is 307 g/mol. The molecule has 1 N–H and O–H groups in total. The van der Waals surface area contributed by atoms with Crippen molar-refractivity contribution in [1.29, 1.82) is 0 Å². The number of aryl methyl sites for hydroxylation is 1. The van der Waals surface area contributed by atoms with E-state index in [1.807, 2.05) is 0 Å². The molecule has 0 fully saturated rings. The topological polar surface area (TPSA) is 46.9 Å². The van der Waals surface area contributed by atoms with E-state index in [1.54, 1.807) is 14.0 Å². The number of benzene rings is 1. The number of halogens is 4. The summed E-state index contributed by atoms with van der Waals surface area (Å²) >= 11 is 5.58. The van der Waals surface area contributed by atoms with Crippen molar-refractivity contribution in [2.24, 2.45) is 7.05 Å². The molecular formula is C13H11ClF3N3O. The summed E-state index contributed by atoms with van der Waals surface area (Å²) in [7, 11) is 1.63. The van der Waals surface area contributed by atoms with Crippen molar-refractivity contribution < 1.29 is 18.0 Å². The lowest BCUT2D eigenvalue weighted by molar-refractivity contribution is -0.136. The van der Waals surface area contributed by atoms with E-state index in [9.17, 15) is 18.0 Å². The normalized spacial score (nSPS) is 11.5. The summed E-state index contributed by atoms with van der Waals surface area (Å²) in [5.74, 6) is -0.659. The maximum Gasteiger partial charge on any atom is 0.418 e. The van der Waals surface area contributed by atoms with Crippen LogP contribution >= 0.6 is 11.6 Å². The van der Waals surface area contributed by atoms with E-state index in [1.165, 1.54) is 16.9 Å². The van der Waals surface area contributed by atoms with Crippen molar-refractivity contribution in [2.45, 2.75) is 13.1 Å². The van der Waals surface area contributed by atoms with E-state index in [0.29, 0.717) is 5.69 Å². The molecule has 0 unspecified atom stereocenters. The number of aromatic nitrogens is 2. The summed E-state index contributed by atoms with van der Waals surface area (Å²) in [5, 5.41) is 6.06. The Labute approximate surface area is 123 Å². The molecule has 1 aromatic heterocycles. The molecule has 1 aromatic carbocycles. The molecule has 1 amide bonds. The van der Waals surface area contributed by atoms with E-state index in [-0.39, 0.29) is 16.3 Å². The highest BCUT2D eigenvalue weighted by molar-refractivity contribution is 6.30. The predicted molar refractivity (Wildman–Crippen MR) is 72.4 cm³/mol. The van der Waals surface area contributed by atoms with Gasteiger partial charge >= 0.3 is 6.18 Å². The minimum atomic E-state index is -4.61. The van der Waals surface area contributed by atoms with Crippen LogP contribution in [0.25, 0.3) is 0 Å². The van der Waals surface area contributed by atoms with Crippen molar-refractivity contribution in [2.75, 3.05) is 5.32 Å². The highest BCUT2D eigenvalue weighted by atomic mass is 35.5. The van der Waals surface area contributed by atoms with E-state index >= 15 is 0 Å². The zero-order valence-electron chi connectivity index (χ0n) is 11.1. The molecule has 8 heteroatoms. The zero-order chi connectivity index (χ0) is 15.8. The highest BCUT2D eigenvalue weighted by Crippen LogP contribution is 2.36. The second kappa shape index (κ2) is 5.40. The third-order valence-corrected chi connectivity index (χ3v) is 3.25. The van der Waals surface area contributed by atoms with Gasteiger partial charge in [-0.2, -0.15) is 18.3 Å². The first kappa shape index (κ1) is 15.4. The van der Waals surface area contributed by atoms with Gasteiger partial charge in [-0.1, -0.05) is 11.6 Å². The fourth-order valence-electron chi connectivity index (χ4n) is 1.77. The first-order valence-electron chi connectivity index (χ1n) is 5.87. The number of hydrogen-bond acceptors (Lipinski definition) is 2. The van der Waals surface area contributed by atoms with Crippen LogP contribution in [0.1, 0.15) is 21.6 Å². The van der Waals surface area contributed by atoms with E-state index in [2.05, 4.69) is 10.4 Å². The Balaban J connectivity index is 2.36. The van der Waals surface area contributed by atoms with Crippen LogP contribution < -0.4 is 5.32 Å². The number of amides is 1. The molecule has 21 heavy (non-hydrogen) atoms. The number of hydrogen-bond donors (Lipinski definition) is 1. The van der Waals surface area contributed by atoms with Crippen LogP contribution in [-0.2, 0) is 13.2 Å². The summed E-state index contributed by atoms with van der Waals surface area (Å²) < 4.78 is 40.3. The van der Waals surface area contributed by atoms with E-state index in [4.69, 9.17) is 11.6 Å². The van der Waals surface area contributed by atoms with Gasteiger partial charge in [0.1, 0.15) is 0 Å². The number of alkyl halides is 3. The Kier molecular flexibility index (Phi) is 3.95. The number of nitrogens with one attached hydrogen (secondary N) is 1. The molecule has 0 saturated carbocycles. The lowest BCUT2D eigenvalue weighted by Gasteiger charge is -2.14. The Bertz CT molecular complexity index is 694. The first-order chi connectivity index (χ1) is 9.70. The highest BCUT2D eigenvalue weighted by Gasteiger charge is 2.34. The van der Waals surface area contributed by atoms with Crippen LogP contribution in [0.5, 0.6) is 0 Å². The minimum Gasteiger partial charge on any atom is -0.321 e. The molecule has 1 heterocycles. The van der Waals surface area contributed by atoms with Gasteiger partial charge in [-0.05, 0) is 25.1 Å². The molecule has 0 radical (unpaired) electrons. The lowest BCUT2D eigenvalue weighted by atomic mass is 10.1. The van der Waals surface area contributed by atoms with Crippen molar-refractivity contribution in [1.82, 2.24) is 9.78 Å². The first-order valence-corrected chi connectivity index (χ1v) is 6.24. The van der Waals surface area contributed by atoms with Gasteiger partial charge in [-0.15, -0.1) is 0 Å². The number of carbonyl (C=O) groups is 1. The van der Waals surface area contributed by atoms with Crippen LogP contribution in [0.4, 0.5) is 18.9 Å². The number of nitrogens with zero attached hydrogens (tertiary/aromatic N) is 2. The maximum absolute atomic E-state index is 12.9. The quantitative estimate of drug-likeness (QED) is 0.919. The second-order valence-electron chi connectivity index (χ2n) is 4.41. The van der Waals surface area contributed by atoms with Gasteiger partial charge in [0, 0.05) is 17.8 Å². The fourth-order valence-corrected chi connectivity index (χ4v) is 1.94. The van der Waals surface area contributed by atoms with Gasteiger partial charge in [-0.25, -0.2) is 0 Å². The van der Waals surface area contributed by atoms with Gasteiger partial charge in [0.05, 0.1) is 23.0 Å². The summed E-state index contributed by atoms with van der Waals surface area (Å²) in [4.78, 5) is 12.0. The van der Waals surface area contributed by atoms with Gasteiger partial charge in [0.15, 0.2) is 0 Å². The molecule has 0 aliphatic rings. The smallest absolute Gasteiger partial charge is 0.321 e. The van der Waals surface area contributed by atoms with Crippen LogP contribution in [-0.4, -0.2) is 15.7 Å². The Morgan fingerprint density at radius 3 is 2.57 bits per heavy atom. The molecule has 0 aliphatic carbocycles. The Hall–Kier alpha value is -2.02. The van der Waals surface area contributed by atoms with Gasteiger partial charge in [0.25, 0.3) is 5.91 Å². The number of carbonyl (C=O) groups excluding carboxylic acids is 1. The monoisotopic (exact) mass is 317 g/mol. The van der Waals surface area contributed by atoms with Crippen molar-refractivity contribution in [3.8, 4) is 0 Å².